The summed E-state index contributed by atoms with van der Waals surface area (Å²) in [7, 11) is 0. The van der Waals surface area contributed by atoms with Gasteiger partial charge in [-0.15, -0.1) is 0 Å². The molecule has 96 valence electrons. The van der Waals surface area contributed by atoms with Crippen LogP contribution in [0, 0.1) is 10.1 Å². The van der Waals surface area contributed by atoms with E-state index in [1.807, 2.05) is 0 Å². The van der Waals surface area contributed by atoms with Crippen molar-refractivity contribution in [2.45, 2.75) is 13.5 Å². The summed E-state index contributed by atoms with van der Waals surface area (Å²) >= 11 is 5.61. The largest absolute Gasteiger partial charge is 0.292 e. The number of hydrazine groups is 1. The van der Waals surface area contributed by atoms with Crippen LogP contribution in [0.3, 0.4) is 0 Å². The third-order valence-electron chi connectivity index (χ3n) is 1.70. The number of pyridine rings is 1. The molecule has 9 heteroatoms. The van der Waals surface area contributed by atoms with E-state index in [1.165, 1.54) is 13.1 Å². The number of nitro groups is 1. The van der Waals surface area contributed by atoms with Crippen LogP contribution in [-0.2, 0) is 11.3 Å². The highest BCUT2D eigenvalue weighted by Crippen LogP contribution is 2.05. The maximum absolute atomic E-state index is 10.8. The predicted octanol–water partition coefficient (Wildman–Crippen LogP) is 0.508. The highest BCUT2D eigenvalue weighted by atomic mass is 35.5. The van der Waals surface area contributed by atoms with Crippen molar-refractivity contribution in [3.63, 3.8) is 0 Å². The standard InChI is InChI=1S/C9H10ClN5O3/c1-6(16)13-9(14-15(17)18)12-5-7-2-3-8(10)11-4-7/h2-4H,5H2,1H3,(H2,12,13,14,16). The Balaban J connectivity index is 2.72. The minimum absolute atomic E-state index is 0.126. The third-order valence-corrected chi connectivity index (χ3v) is 1.92. The van der Waals surface area contributed by atoms with Crippen LogP contribution in [0.25, 0.3) is 0 Å². The van der Waals surface area contributed by atoms with Crippen molar-refractivity contribution in [3.05, 3.63) is 39.2 Å². The Bertz CT molecular complexity index is 456. The van der Waals surface area contributed by atoms with Crippen molar-refractivity contribution in [1.82, 2.24) is 15.7 Å². The smallest absolute Gasteiger partial charge is 0.261 e. The third kappa shape index (κ3) is 5.21. The number of aliphatic imine (C=N–C) groups is 1. The summed E-state index contributed by atoms with van der Waals surface area (Å²) in [6, 6.07) is 3.25. The second kappa shape index (κ2) is 6.50. The normalized spacial score (nSPS) is 10.9. The quantitative estimate of drug-likeness (QED) is 0.274. The average Bonchev–Trinajstić information content (AvgIpc) is 2.26. The van der Waals surface area contributed by atoms with Crippen LogP contribution in [0.5, 0.6) is 0 Å². The number of aromatic nitrogens is 1. The molecule has 0 aliphatic heterocycles. The first-order valence-corrected chi connectivity index (χ1v) is 5.18. The Morgan fingerprint density at radius 3 is 2.83 bits per heavy atom. The van der Waals surface area contributed by atoms with E-state index in [2.05, 4.69) is 15.3 Å². The van der Waals surface area contributed by atoms with Gasteiger partial charge >= 0.3 is 0 Å². The van der Waals surface area contributed by atoms with Gasteiger partial charge in [-0.3, -0.25) is 10.1 Å². The zero-order valence-electron chi connectivity index (χ0n) is 9.38. The molecule has 18 heavy (non-hydrogen) atoms. The summed E-state index contributed by atoms with van der Waals surface area (Å²) in [5.41, 5.74) is 2.49. The summed E-state index contributed by atoms with van der Waals surface area (Å²) in [4.78, 5) is 28.8. The average molecular weight is 272 g/mol. The second-order valence-electron chi connectivity index (χ2n) is 3.20. The number of nitrogens with zero attached hydrogens (tertiary/aromatic N) is 3. The van der Waals surface area contributed by atoms with Crippen molar-refractivity contribution in [3.8, 4) is 0 Å². The first-order chi connectivity index (χ1) is 8.47. The number of nitrogens with one attached hydrogen (secondary N) is 2. The molecule has 1 amide bonds. The fraction of sp³-hybridized carbons (Fsp3) is 0.222. The molecule has 1 aromatic heterocycles. The summed E-state index contributed by atoms with van der Waals surface area (Å²) < 4.78 is 0. The molecule has 0 radical (unpaired) electrons. The number of rotatable bonds is 3. The molecule has 1 rings (SSSR count). The van der Waals surface area contributed by atoms with E-state index in [1.54, 1.807) is 17.6 Å². The number of guanidine groups is 1. The zero-order valence-corrected chi connectivity index (χ0v) is 10.1. The lowest BCUT2D eigenvalue weighted by atomic mass is 10.3. The van der Waals surface area contributed by atoms with E-state index < -0.39 is 10.9 Å². The van der Waals surface area contributed by atoms with Crippen LogP contribution in [-0.4, -0.2) is 21.9 Å². The predicted molar refractivity (Wildman–Crippen MR) is 64.3 cm³/mol. The second-order valence-corrected chi connectivity index (χ2v) is 3.59. The van der Waals surface area contributed by atoms with Gasteiger partial charge in [0.2, 0.25) is 5.91 Å². The van der Waals surface area contributed by atoms with Gasteiger partial charge in [0.05, 0.1) is 6.54 Å². The van der Waals surface area contributed by atoms with Gasteiger partial charge < -0.3 is 0 Å². The summed E-state index contributed by atoms with van der Waals surface area (Å²) in [5, 5.41) is 12.0. The number of amides is 1. The van der Waals surface area contributed by atoms with Gasteiger partial charge in [-0.05, 0) is 11.6 Å². The monoisotopic (exact) mass is 271 g/mol. The van der Waals surface area contributed by atoms with Crippen molar-refractivity contribution in [2.24, 2.45) is 4.99 Å². The lowest BCUT2D eigenvalue weighted by molar-refractivity contribution is -0.525. The summed E-state index contributed by atoms with van der Waals surface area (Å²) in [6.07, 6.45) is 1.49. The Morgan fingerprint density at radius 2 is 2.33 bits per heavy atom. The molecule has 0 bridgehead atoms. The minimum atomic E-state index is -0.811. The fourth-order valence-corrected chi connectivity index (χ4v) is 1.14. The number of carbonyl (C=O) groups is 1. The number of hydrogen-bond acceptors (Lipinski definition) is 5. The molecular formula is C9H10ClN5O3. The highest BCUT2D eigenvalue weighted by Gasteiger charge is 2.06. The molecule has 0 aliphatic rings. The molecular weight excluding hydrogens is 262 g/mol. The molecule has 0 aromatic carbocycles. The van der Waals surface area contributed by atoms with E-state index in [4.69, 9.17) is 11.6 Å². The van der Waals surface area contributed by atoms with Gasteiger partial charge in [0, 0.05) is 13.1 Å². The van der Waals surface area contributed by atoms with E-state index in [-0.39, 0.29) is 12.5 Å². The molecule has 0 saturated carbocycles. The van der Waals surface area contributed by atoms with E-state index in [9.17, 15) is 14.9 Å². The highest BCUT2D eigenvalue weighted by molar-refractivity contribution is 6.29. The number of hydrogen-bond donors (Lipinski definition) is 2. The van der Waals surface area contributed by atoms with Crippen LogP contribution in [0.1, 0.15) is 12.5 Å². The topological polar surface area (TPSA) is 110 Å². The van der Waals surface area contributed by atoms with Crippen molar-refractivity contribution in [2.75, 3.05) is 0 Å². The van der Waals surface area contributed by atoms with Gasteiger partial charge in [-0.2, -0.15) is 0 Å². The van der Waals surface area contributed by atoms with Crippen LogP contribution in [0.15, 0.2) is 23.3 Å². The van der Waals surface area contributed by atoms with Gasteiger partial charge in [-0.25, -0.2) is 20.1 Å². The number of carbonyl (C=O) groups excluding carboxylic acids is 1. The maximum atomic E-state index is 10.8. The van der Waals surface area contributed by atoms with Crippen LogP contribution in [0.4, 0.5) is 0 Å². The van der Waals surface area contributed by atoms with Crippen LogP contribution >= 0.6 is 11.6 Å². The lowest BCUT2D eigenvalue weighted by Crippen LogP contribution is -2.42. The maximum Gasteiger partial charge on any atom is 0.261 e. The minimum Gasteiger partial charge on any atom is -0.292 e. The van der Waals surface area contributed by atoms with Crippen molar-refractivity contribution >= 4 is 23.5 Å². The SMILES string of the molecule is CC(=O)NC(=NCc1ccc(Cl)nc1)N[N+](=O)[O-]. The van der Waals surface area contributed by atoms with Gasteiger partial charge in [-0.1, -0.05) is 23.1 Å². The van der Waals surface area contributed by atoms with Crippen LogP contribution < -0.4 is 10.7 Å². The molecule has 2 N–H and O–H groups in total. The van der Waals surface area contributed by atoms with E-state index in [0.717, 1.165) is 0 Å². The lowest BCUT2D eigenvalue weighted by Gasteiger charge is -2.03. The first kappa shape index (κ1) is 13.8. The Hall–Kier alpha value is -2.22. The number of halogens is 1. The van der Waals surface area contributed by atoms with Crippen molar-refractivity contribution in [1.29, 1.82) is 0 Å². The molecule has 0 unspecified atom stereocenters. The van der Waals surface area contributed by atoms with E-state index in [0.29, 0.717) is 10.7 Å². The van der Waals surface area contributed by atoms with Gasteiger partial charge in [0.15, 0.2) is 5.03 Å². The van der Waals surface area contributed by atoms with Crippen LogP contribution in [0.2, 0.25) is 5.15 Å². The summed E-state index contributed by atoms with van der Waals surface area (Å²) in [5.74, 6) is -0.695. The molecule has 1 aromatic rings. The molecule has 0 fully saturated rings. The van der Waals surface area contributed by atoms with Gasteiger partial charge in [0.25, 0.3) is 5.96 Å². The molecule has 0 atom stereocenters. The van der Waals surface area contributed by atoms with E-state index >= 15 is 0 Å². The summed E-state index contributed by atoms with van der Waals surface area (Å²) in [6.45, 7) is 1.35. The Kier molecular flexibility index (Phi) is 5.00. The Morgan fingerprint density at radius 1 is 1.61 bits per heavy atom. The fourth-order valence-electron chi connectivity index (χ4n) is 1.03. The molecule has 0 saturated heterocycles. The van der Waals surface area contributed by atoms with Gasteiger partial charge in [0.1, 0.15) is 5.15 Å². The molecule has 0 spiro atoms. The molecule has 1 heterocycles. The van der Waals surface area contributed by atoms with Crippen molar-refractivity contribution < 1.29 is 9.83 Å². The Labute approximate surface area is 107 Å². The molecule has 8 nitrogen and oxygen atoms in total. The molecule has 0 aliphatic carbocycles. The first-order valence-electron chi connectivity index (χ1n) is 4.81. The zero-order chi connectivity index (χ0) is 13.5.